The predicted octanol–water partition coefficient (Wildman–Crippen LogP) is 4.15. The summed E-state index contributed by atoms with van der Waals surface area (Å²) in [6, 6.07) is 9.51. The summed E-state index contributed by atoms with van der Waals surface area (Å²) in [5.41, 5.74) is 2.26. The van der Waals surface area contributed by atoms with Crippen molar-refractivity contribution in [2.24, 2.45) is 0 Å². The molecule has 0 unspecified atom stereocenters. The molecule has 1 aliphatic rings. The molecule has 0 bridgehead atoms. The number of rotatable bonds is 4. The zero-order chi connectivity index (χ0) is 15.4. The van der Waals surface area contributed by atoms with Gasteiger partial charge in [0.15, 0.2) is 0 Å². The van der Waals surface area contributed by atoms with Crippen LogP contribution in [0.25, 0.3) is 0 Å². The quantitative estimate of drug-likeness (QED) is 0.891. The summed E-state index contributed by atoms with van der Waals surface area (Å²) in [7, 11) is 0. The molecule has 1 aliphatic carbocycles. The molecule has 5 heteroatoms. The average Bonchev–Trinajstić information content (AvgIpc) is 3.03. The van der Waals surface area contributed by atoms with Crippen molar-refractivity contribution in [2.45, 2.75) is 31.7 Å². The van der Waals surface area contributed by atoms with Gasteiger partial charge < -0.3 is 10.6 Å². The van der Waals surface area contributed by atoms with Crippen LogP contribution >= 0.6 is 11.6 Å². The number of anilines is 2. The Morgan fingerprint density at radius 2 is 1.82 bits per heavy atom. The van der Waals surface area contributed by atoms with E-state index in [0.717, 1.165) is 24.2 Å². The van der Waals surface area contributed by atoms with E-state index in [2.05, 4.69) is 15.6 Å². The third-order valence-corrected chi connectivity index (χ3v) is 4.08. The molecule has 1 saturated carbocycles. The first kappa shape index (κ1) is 14.9. The highest BCUT2D eigenvalue weighted by molar-refractivity contribution is 6.30. The fraction of sp³-hybridized carbons (Fsp3) is 0.294. The number of aromatic nitrogens is 1. The van der Waals surface area contributed by atoms with Gasteiger partial charge in [-0.05, 0) is 43.2 Å². The maximum Gasteiger partial charge on any atom is 0.253 e. The van der Waals surface area contributed by atoms with Crippen LogP contribution in [0.2, 0.25) is 5.02 Å². The van der Waals surface area contributed by atoms with E-state index in [1.165, 1.54) is 12.8 Å². The lowest BCUT2D eigenvalue weighted by molar-refractivity contribution is 0.0937. The van der Waals surface area contributed by atoms with Gasteiger partial charge in [-0.25, -0.2) is 0 Å². The summed E-state index contributed by atoms with van der Waals surface area (Å²) in [6.45, 7) is 0. The van der Waals surface area contributed by atoms with Gasteiger partial charge in [0.2, 0.25) is 0 Å². The number of nitrogens with one attached hydrogen (secondary N) is 2. The molecular weight excluding hydrogens is 298 g/mol. The van der Waals surface area contributed by atoms with Crippen LogP contribution in [0, 0.1) is 0 Å². The van der Waals surface area contributed by atoms with Crippen molar-refractivity contribution < 1.29 is 4.79 Å². The second kappa shape index (κ2) is 6.79. The first-order valence-electron chi connectivity index (χ1n) is 7.49. The Labute approximate surface area is 134 Å². The van der Waals surface area contributed by atoms with Crippen LogP contribution in [-0.4, -0.2) is 16.9 Å². The van der Waals surface area contributed by atoms with Crippen molar-refractivity contribution in [3.8, 4) is 0 Å². The number of hydrogen-bond acceptors (Lipinski definition) is 3. The van der Waals surface area contributed by atoms with E-state index < -0.39 is 0 Å². The zero-order valence-corrected chi connectivity index (χ0v) is 12.9. The van der Waals surface area contributed by atoms with Crippen molar-refractivity contribution in [1.82, 2.24) is 10.3 Å². The Kier molecular flexibility index (Phi) is 4.59. The largest absolute Gasteiger partial charge is 0.354 e. The number of halogens is 1. The summed E-state index contributed by atoms with van der Waals surface area (Å²) in [5.74, 6) is -0.0563. The van der Waals surface area contributed by atoms with Gasteiger partial charge >= 0.3 is 0 Å². The van der Waals surface area contributed by atoms with Gasteiger partial charge in [-0.3, -0.25) is 9.78 Å². The molecule has 0 spiro atoms. The lowest BCUT2D eigenvalue weighted by Crippen LogP contribution is -2.32. The second-order valence-electron chi connectivity index (χ2n) is 5.55. The Morgan fingerprint density at radius 3 is 2.55 bits per heavy atom. The highest BCUT2D eigenvalue weighted by Gasteiger charge is 2.18. The van der Waals surface area contributed by atoms with Gasteiger partial charge in [0.05, 0.1) is 17.4 Å². The SMILES string of the molecule is O=C(NC1CCCC1)c1cncc(Nc2ccc(Cl)cc2)c1. The van der Waals surface area contributed by atoms with Gasteiger partial charge in [-0.2, -0.15) is 0 Å². The topological polar surface area (TPSA) is 54.0 Å². The molecule has 0 saturated heterocycles. The Hall–Kier alpha value is -2.07. The first-order valence-corrected chi connectivity index (χ1v) is 7.87. The fourth-order valence-corrected chi connectivity index (χ4v) is 2.80. The van der Waals surface area contributed by atoms with Crippen molar-refractivity contribution in [3.05, 3.63) is 53.3 Å². The van der Waals surface area contributed by atoms with Gasteiger partial charge in [0.1, 0.15) is 0 Å². The minimum Gasteiger partial charge on any atom is -0.354 e. The fourth-order valence-electron chi connectivity index (χ4n) is 2.67. The minimum absolute atomic E-state index is 0.0563. The lowest BCUT2D eigenvalue weighted by Gasteiger charge is -2.12. The molecule has 0 radical (unpaired) electrons. The molecule has 4 nitrogen and oxygen atoms in total. The monoisotopic (exact) mass is 315 g/mol. The highest BCUT2D eigenvalue weighted by Crippen LogP contribution is 2.20. The molecule has 3 rings (SSSR count). The zero-order valence-electron chi connectivity index (χ0n) is 12.2. The van der Waals surface area contributed by atoms with E-state index in [1.807, 2.05) is 30.3 Å². The number of benzene rings is 1. The van der Waals surface area contributed by atoms with Gasteiger partial charge in [0.25, 0.3) is 5.91 Å². The van der Waals surface area contributed by atoms with Crippen LogP contribution < -0.4 is 10.6 Å². The van der Waals surface area contributed by atoms with Gasteiger partial charge in [0, 0.05) is 22.9 Å². The van der Waals surface area contributed by atoms with Crippen LogP contribution in [-0.2, 0) is 0 Å². The number of amides is 1. The Morgan fingerprint density at radius 1 is 1.09 bits per heavy atom. The summed E-state index contributed by atoms with van der Waals surface area (Å²) in [6.07, 6.45) is 7.82. The van der Waals surface area contributed by atoms with Gasteiger partial charge in [-0.1, -0.05) is 24.4 Å². The van der Waals surface area contributed by atoms with E-state index in [-0.39, 0.29) is 5.91 Å². The first-order chi connectivity index (χ1) is 10.7. The molecule has 1 amide bonds. The maximum absolute atomic E-state index is 12.3. The summed E-state index contributed by atoms with van der Waals surface area (Å²) in [5, 5.41) is 6.98. The summed E-state index contributed by atoms with van der Waals surface area (Å²) in [4.78, 5) is 16.4. The number of carbonyl (C=O) groups is 1. The van der Waals surface area contributed by atoms with E-state index in [1.54, 1.807) is 12.4 Å². The van der Waals surface area contributed by atoms with Crippen LogP contribution in [0.3, 0.4) is 0 Å². The van der Waals surface area contributed by atoms with Crippen molar-refractivity contribution in [1.29, 1.82) is 0 Å². The average molecular weight is 316 g/mol. The minimum atomic E-state index is -0.0563. The van der Waals surface area contributed by atoms with Gasteiger partial charge in [-0.15, -0.1) is 0 Å². The molecule has 114 valence electrons. The third-order valence-electron chi connectivity index (χ3n) is 3.82. The summed E-state index contributed by atoms with van der Waals surface area (Å²) >= 11 is 5.87. The van der Waals surface area contributed by atoms with Crippen LogP contribution in [0.15, 0.2) is 42.7 Å². The maximum atomic E-state index is 12.3. The smallest absolute Gasteiger partial charge is 0.253 e. The second-order valence-corrected chi connectivity index (χ2v) is 5.99. The third kappa shape index (κ3) is 3.77. The highest BCUT2D eigenvalue weighted by atomic mass is 35.5. The molecule has 22 heavy (non-hydrogen) atoms. The predicted molar refractivity (Wildman–Crippen MR) is 88.7 cm³/mol. The van der Waals surface area contributed by atoms with Crippen LogP contribution in [0.1, 0.15) is 36.0 Å². The van der Waals surface area contributed by atoms with E-state index in [9.17, 15) is 4.79 Å². The normalized spacial score (nSPS) is 14.8. The van der Waals surface area contributed by atoms with Crippen LogP contribution in [0.4, 0.5) is 11.4 Å². The standard InChI is InChI=1S/C17H18ClN3O/c18-13-5-7-15(8-6-13)20-16-9-12(10-19-11-16)17(22)21-14-3-1-2-4-14/h5-11,14,20H,1-4H2,(H,21,22). The number of nitrogens with zero attached hydrogens (tertiary/aromatic N) is 1. The number of pyridine rings is 1. The molecule has 2 aromatic rings. The molecule has 1 aromatic carbocycles. The summed E-state index contributed by atoms with van der Waals surface area (Å²) < 4.78 is 0. The lowest BCUT2D eigenvalue weighted by atomic mass is 10.2. The molecule has 0 aliphatic heterocycles. The van der Waals surface area contributed by atoms with Crippen LogP contribution in [0.5, 0.6) is 0 Å². The van der Waals surface area contributed by atoms with E-state index in [0.29, 0.717) is 16.6 Å². The van der Waals surface area contributed by atoms with Crippen molar-refractivity contribution in [2.75, 3.05) is 5.32 Å². The molecule has 1 heterocycles. The number of hydrogen-bond donors (Lipinski definition) is 2. The van der Waals surface area contributed by atoms with Crippen molar-refractivity contribution in [3.63, 3.8) is 0 Å². The molecule has 1 fully saturated rings. The Bertz CT molecular complexity index is 651. The Balaban J connectivity index is 1.68. The van der Waals surface area contributed by atoms with E-state index >= 15 is 0 Å². The molecule has 0 atom stereocenters. The number of carbonyl (C=O) groups excluding carboxylic acids is 1. The van der Waals surface area contributed by atoms with E-state index in [4.69, 9.17) is 11.6 Å². The molecular formula is C17H18ClN3O. The van der Waals surface area contributed by atoms with Crippen molar-refractivity contribution >= 4 is 28.9 Å². The molecule has 2 N–H and O–H groups in total. The molecule has 1 aromatic heterocycles.